The van der Waals surface area contributed by atoms with Gasteiger partial charge < -0.3 is 15.5 Å². The summed E-state index contributed by atoms with van der Waals surface area (Å²) in [4.78, 5) is 17.7. The Kier molecular flexibility index (Phi) is 9.89. The van der Waals surface area contributed by atoms with Crippen LogP contribution in [0.15, 0.2) is 29.3 Å². The highest BCUT2D eigenvalue weighted by Gasteiger charge is 2.30. The van der Waals surface area contributed by atoms with Crippen molar-refractivity contribution in [3.8, 4) is 0 Å². The zero-order chi connectivity index (χ0) is 19.0. The highest BCUT2D eigenvalue weighted by molar-refractivity contribution is 14.0. The van der Waals surface area contributed by atoms with Crippen molar-refractivity contribution in [1.29, 1.82) is 0 Å². The van der Waals surface area contributed by atoms with Gasteiger partial charge in [-0.1, -0.05) is 12.1 Å². The van der Waals surface area contributed by atoms with Crippen LogP contribution in [0.25, 0.3) is 0 Å². The number of halogens is 4. The Hall–Kier alpha value is -1.52. The molecule has 1 heterocycles. The summed E-state index contributed by atoms with van der Waals surface area (Å²) in [5.74, 6) is 0.757. The van der Waals surface area contributed by atoms with Crippen molar-refractivity contribution in [1.82, 2.24) is 15.5 Å². The van der Waals surface area contributed by atoms with Crippen molar-refractivity contribution in [2.75, 3.05) is 26.2 Å². The lowest BCUT2D eigenvalue weighted by molar-refractivity contribution is -0.137. The molecule has 5 nitrogen and oxygen atoms in total. The van der Waals surface area contributed by atoms with Gasteiger partial charge in [0.2, 0.25) is 5.91 Å². The lowest BCUT2D eigenvalue weighted by Gasteiger charge is -2.16. The first-order chi connectivity index (χ1) is 12.4. The number of likely N-dealkylation sites (tertiary alicyclic amines) is 1. The van der Waals surface area contributed by atoms with Crippen LogP contribution in [0.5, 0.6) is 0 Å². The largest absolute Gasteiger partial charge is 0.416 e. The number of benzene rings is 1. The molecule has 0 bridgehead atoms. The number of rotatable bonds is 7. The average molecular weight is 498 g/mol. The van der Waals surface area contributed by atoms with Crippen LogP contribution in [-0.2, 0) is 17.5 Å². The van der Waals surface area contributed by atoms with E-state index in [1.165, 1.54) is 6.07 Å². The molecule has 0 spiro atoms. The van der Waals surface area contributed by atoms with Gasteiger partial charge in [-0.25, -0.2) is 4.99 Å². The Balaban J connectivity index is 0.00000364. The summed E-state index contributed by atoms with van der Waals surface area (Å²) in [6.45, 7) is 4.90. The number of guanidine groups is 1. The Labute approximate surface area is 174 Å². The fraction of sp³-hybridized carbons (Fsp3) is 0.556. The molecule has 1 aromatic rings. The smallest absolute Gasteiger partial charge is 0.357 e. The van der Waals surface area contributed by atoms with Gasteiger partial charge in [0, 0.05) is 32.6 Å². The molecule has 0 radical (unpaired) electrons. The van der Waals surface area contributed by atoms with Gasteiger partial charge in [0.15, 0.2) is 5.96 Å². The monoisotopic (exact) mass is 498 g/mol. The van der Waals surface area contributed by atoms with Crippen molar-refractivity contribution < 1.29 is 18.0 Å². The standard InChI is InChI=1S/C18H25F3N4O.HI/c1-2-22-17(23-9-5-11-25-10-4-8-16(25)26)24-13-14-6-3-7-15(12-14)18(19,20)21;/h3,6-7,12H,2,4-5,8-11,13H2,1H3,(H2,22,23,24);1H. The number of carbonyl (C=O) groups is 1. The maximum absolute atomic E-state index is 12.8. The zero-order valence-corrected chi connectivity index (χ0v) is 17.6. The van der Waals surface area contributed by atoms with E-state index in [1.54, 1.807) is 6.07 Å². The van der Waals surface area contributed by atoms with Crippen molar-refractivity contribution >= 4 is 35.8 Å². The first-order valence-electron chi connectivity index (χ1n) is 8.86. The van der Waals surface area contributed by atoms with Gasteiger partial charge in [0.1, 0.15) is 0 Å². The first kappa shape index (κ1) is 23.5. The maximum atomic E-state index is 12.8. The average Bonchev–Trinajstić information content (AvgIpc) is 3.01. The molecular formula is C18H26F3IN4O. The molecule has 1 saturated heterocycles. The van der Waals surface area contributed by atoms with Crippen LogP contribution < -0.4 is 10.6 Å². The molecule has 1 aliphatic heterocycles. The van der Waals surface area contributed by atoms with Gasteiger partial charge in [-0.15, -0.1) is 24.0 Å². The zero-order valence-electron chi connectivity index (χ0n) is 15.3. The number of alkyl halides is 3. The molecule has 1 amide bonds. The predicted octanol–water partition coefficient (Wildman–Crippen LogP) is 3.39. The third kappa shape index (κ3) is 7.94. The maximum Gasteiger partial charge on any atom is 0.416 e. The van der Waals surface area contributed by atoms with Crippen LogP contribution in [0.2, 0.25) is 0 Å². The molecule has 27 heavy (non-hydrogen) atoms. The summed E-state index contributed by atoms with van der Waals surface area (Å²) in [6, 6.07) is 5.19. The number of nitrogens with one attached hydrogen (secondary N) is 2. The minimum atomic E-state index is -4.35. The quantitative estimate of drug-likeness (QED) is 0.263. The number of amides is 1. The highest BCUT2D eigenvalue weighted by atomic mass is 127. The molecule has 2 N–H and O–H groups in total. The number of hydrogen-bond acceptors (Lipinski definition) is 2. The molecule has 1 aliphatic rings. The van der Waals surface area contributed by atoms with Crippen LogP contribution in [0, 0.1) is 0 Å². The second-order valence-corrected chi connectivity index (χ2v) is 6.16. The Morgan fingerprint density at radius 1 is 1.30 bits per heavy atom. The molecule has 0 atom stereocenters. The summed E-state index contributed by atoms with van der Waals surface area (Å²) < 4.78 is 38.3. The number of hydrogen-bond donors (Lipinski definition) is 2. The van der Waals surface area contributed by atoms with E-state index in [0.717, 1.165) is 31.5 Å². The highest BCUT2D eigenvalue weighted by Crippen LogP contribution is 2.29. The topological polar surface area (TPSA) is 56.7 Å². The fourth-order valence-electron chi connectivity index (χ4n) is 2.78. The second kappa shape index (κ2) is 11.4. The van der Waals surface area contributed by atoms with Crippen LogP contribution in [0.4, 0.5) is 13.2 Å². The van der Waals surface area contributed by atoms with E-state index in [1.807, 2.05) is 11.8 Å². The Bertz CT molecular complexity index is 637. The van der Waals surface area contributed by atoms with Crippen molar-refractivity contribution in [2.24, 2.45) is 4.99 Å². The van der Waals surface area contributed by atoms with E-state index in [0.29, 0.717) is 37.6 Å². The number of carbonyl (C=O) groups excluding carboxylic acids is 1. The summed E-state index contributed by atoms with van der Waals surface area (Å²) in [5, 5.41) is 6.22. The molecule has 2 rings (SSSR count). The minimum Gasteiger partial charge on any atom is -0.357 e. The van der Waals surface area contributed by atoms with E-state index < -0.39 is 11.7 Å². The van der Waals surface area contributed by atoms with Gasteiger partial charge in [0.05, 0.1) is 12.1 Å². The Morgan fingerprint density at radius 3 is 2.70 bits per heavy atom. The van der Waals surface area contributed by atoms with Crippen LogP contribution >= 0.6 is 24.0 Å². The van der Waals surface area contributed by atoms with Crippen molar-refractivity contribution in [3.05, 3.63) is 35.4 Å². The van der Waals surface area contributed by atoms with E-state index in [-0.39, 0.29) is 36.4 Å². The molecule has 152 valence electrons. The van der Waals surface area contributed by atoms with Crippen LogP contribution in [0.3, 0.4) is 0 Å². The van der Waals surface area contributed by atoms with Gasteiger partial charge in [-0.3, -0.25) is 4.79 Å². The van der Waals surface area contributed by atoms with Gasteiger partial charge in [0.25, 0.3) is 0 Å². The van der Waals surface area contributed by atoms with E-state index in [4.69, 9.17) is 0 Å². The fourth-order valence-corrected chi connectivity index (χ4v) is 2.78. The molecule has 0 aliphatic carbocycles. The summed E-state index contributed by atoms with van der Waals surface area (Å²) in [7, 11) is 0. The van der Waals surface area contributed by atoms with Gasteiger partial charge in [-0.2, -0.15) is 13.2 Å². The van der Waals surface area contributed by atoms with E-state index in [9.17, 15) is 18.0 Å². The van der Waals surface area contributed by atoms with Crippen molar-refractivity contribution in [2.45, 2.75) is 38.9 Å². The molecule has 0 unspecified atom stereocenters. The lowest BCUT2D eigenvalue weighted by Crippen LogP contribution is -2.39. The summed E-state index contributed by atoms with van der Waals surface area (Å²) >= 11 is 0. The third-order valence-electron chi connectivity index (χ3n) is 4.09. The summed E-state index contributed by atoms with van der Waals surface area (Å²) in [5.41, 5.74) is -0.168. The van der Waals surface area contributed by atoms with Crippen LogP contribution in [-0.4, -0.2) is 42.9 Å². The second-order valence-electron chi connectivity index (χ2n) is 6.16. The molecule has 1 aromatic carbocycles. The van der Waals surface area contributed by atoms with Crippen LogP contribution in [0.1, 0.15) is 37.3 Å². The summed E-state index contributed by atoms with van der Waals surface area (Å²) in [6.07, 6.45) is -2.00. The van der Waals surface area contributed by atoms with Gasteiger partial charge in [-0.05, 0) is 37.5 Å². The number of nitrogens with zero attached hydrogens (tertiary/aromatic N) is 2. The molecule has 0 saturated carbocycles. The molecule has 1 fully saturated rings. The molecule has 0 aromatic heterocycles. The normalized spacial score (nSPS) is 14.9. The lowest BCUT2D eigenvalue weighted by atomic mass is 10.1. The molecule has 9 heteroatoms. The SMILES string of the molecule is CCNC(=NCc1cccc(C(F)(F)F)c1)NCCCN1CCCC1=O.I. The minimum absolute atomic E-state index is 0. The van der Waals surface area contributed by atoms with E-state index in [2.05, 4.69) is 15.6 Å². The Morgan fingerprint density at radius 2 is 2.07 bits per heavy atom. The molecular weight excluding hydrogens is 472 g/mol. The predicted molar refractivity (Wildman–Crippen MR) is 110 cm³/mol. The third-order valence-corrected chi connectivity index (χ3v) is 4.09. The van der Waals surface area contributed by atoms with Gasteiger partial charge >= 0.3 is 6.18 Å². The van der Waals surface area contributed by atoms with E-state index >= 15 is 0 Å². The number of aliphatic imine (C=N–C) groups is 1. The first-order valence-corrected chi connectivity index (χ1v) is 8.86. The van der Waals surface area contributed by atoms with Crippen molar-refractivity contribution in [3.63, 3.8) is 0 Å².